The number of rotatable bonds is 0. The second-order valence-electron chi connectivity index (χ2n) is 22.3. The van der Waals surface area contributed by atoms with Gasteiger partial charge in [-0.3, -0.25) is 0 Å². The van der Waals surface area contributed by atoms with Crippen molar-refractivity contribution in [2.45, 2.75) is 264 Å². The summed E-state index contributed by atoms with van der Waals surface area (Å²) < 4.78 is 32.2. The van der Waals surface area contributed by atoms with E-state index in [9.17, 15) is 0 Å². The molecular weight excluding hydrogens is 1420 g/mol. The summed E-state index contributed by atoms with van der Waals surface area (Å²) in [6.07, 6.45) is 0. The van der Waals surface area contributed by atoms with Gasteiger partial charge in [0, 0.05) is 62.2 Å². The number of aliphatic hydroxyl groups is 10. The fraction of sp³-hybridized carbons (Fsp3) is 1.00. The summed E-state index contributed by atoms with van der Waals surface area (Å²) in [7, 11) is 0. The Hall–Kier alpha value is 2.28. The third-order valence-corrected chi connectivity index (χ3v) is 0. The average Bonchev–Trinajstić information content (AvgIpc) is 2.41. The topological polar surface area (TPSA) is 277 Å². The Morgan fingerprint density at radius 2 is 0.211 bits per heavy atom. The molecule has 14 nitrogen and oxygen atoms in total. The molecule has 0 saturated carbocycles. The predicted molar refractivity (Wildman–Crippen MR) is 226 cm³/mol. The molecule has 0 spiro atoms. The molecule has 0 bridgehead atoms. The Morgan fingerprint density at radius 3 is 0.211 bits per heavy atom. The largest absolute Gasteiger partial charge is 0 e. The summed E-state index contributed by atoms with van der Waals surface area (Å²) in [5.74, 6) is 0. The summed E-state index contributed by atoms with van der Waals surface area (Å²) in [5.41, 5.74) is -5.00. The third kappa shape index (κ3) is 35600. The molecule has 0 heterocycles. The van der Waals surface area contributed by atoms with Crippen LogP contribution in [-0.4, -0.2) is 112 Å². The van der Waals surface area contributed by atoms with E-state index >= 15 is 0 Å². The summed E-state index contributed by atoms with van der Waals surface area (Å²) in [4.78, 5) is 0. The van der Waals surface area contributed by atoms with Gasteiger partial charge in [-0.05, 0) is 208 Å². The van der Waals surface area contributed by atoms with Crippen LogP contribution in [0.4, 0.5) is 0 Å². The molecule has 0 aliphatic rings. The van der Waals surface area contributed by atoms with E-state index in [1.54, 1.807) is 208 Å². The van der Waals surface area contributed by atoms with Crippen molar-refractivity contribution < 1.29 is 148 Å². The molecule has 0 aliphatic carbocycles. The van der Waals surface area contributed by atoms with Gasteiger partial charge in [0.2, 0.25) is 0 Å². The zero-order valence-corrected chi connectivity index (χ0v) is 55.2. The molecule has 17 heteroatoms. The quantitative estimate of drug-likeness (QED) is 0.125. The summed E-state index contributed by atoms with van der Waals surface area (Å²) >= 11 is -5.84. The van der Waals surface area contributed by atoms with Crippen LogP contribution in [0.25, 0.3) is 0 Å². The Labute approximate surface area is 408 Å². The first kappa shape index (κ1) is 94.0. The zero-order valence-electron chi connectivity index (χ0n) is 42.7. The van der Waals surface area contributed by atoms with E-state index < -0.39 is 81.4 Å². The van der Waals surface area contributed by atoms with Crippen LogP contribution < -0.4 is 0 Å². The minimum Gasteiger partial charge on any atom is 0 e. The number of hydrogen-bond acceptors (Lipinski definition) is 12. The molecular formula is C40H102O14U3. The van der Waals surface area contributed by atoms with Gasteiger partial charge in [0.25, 0.3) is 0 Å². The van der Waals surface area contributed by atoms with E-state index in [1.807, 2.05) is 0 Å². The van der Waals surface area contributed by atoms with Crippen LogP contribution in [0.1, 0.15) is 208 Å². The molecule has 12 N–H and O–H groups in total. The van der Waals surface area contributed by atoms with Crippen LogP contribution in [-0.2, 0) is 4.47 Å². The van der Waals surface area contributed by atoms with E-state index in [2.05, 4.69) is 0 Å². The molecule has 0 saturated heterocycles. The van der Waals surface area contributed by atoms with Crippen molar-refractivity contribution in [3.8, 4) is 0 Å². The smallest absolute Gasteiger partial charge is 0 e. The van der Waals surface area contributed by atoms with Gasteiger partial charge in [0.15, 0.2) is 0 Å². The van der Waals surface area contributed by atoms with Gasteiger partial charge in [-0.25, -0.2) is 0 Å². The van der Waals surface area contributed by atoms with E-state index in [-0.39, 0.29) is 62.2 Å². The van der Waals surface area contributed by atoms with Crippen LogP contribution in [0.15, 0.2) is 0 Å². The SMILES string of the molecule is CC(C)(C)O.CC(C)(C)O.CC(C)(C)O.CC(C)(C)O.CC(C)(C)O.CC(C)(C)O.CC(C)(C)O.CC(C)(C)O.CC(C)(C)O.CC(C)(C)O.[O]=[U](=[O])([OH])[OH].[U].[U]. The average molecular weight is 1520 g/mol. The van der Waals surface area contributed by atoms with Crippen molar-refractivity contribution in [3.05, 3.63) is 0 Å². The van der Waals surface area contributed by atoms with Gasteiger partial charge >= 0.3 is 35.1 Å². The van der Waals surface area contributed by atoms with Crippen LogP contribution in [0.5, 0.6) is 0 Å². The Balaban J connectivity index is -0.0000000338. The number of hydrogen-bond donors (Lipinski definition) is 12. The van der Waals surface area contributed by atoms with Crippen molar-refractivity contribution in [1.29, 1.82) is 0 Å². The molecule has 0 amide bonds. The van der Waals surface area contributed by atoms with Crippen molar-refractivity contribution in [2.24, 2.45) is 0 Å². The fourth-order valence-electron chi connectivity index (χ4n) is 0. The summed E-state index contributed by atoms with van der Waals surface area (Å²) in [6.45, 7) is 52.3. The van der Waals surface area contributed by atoms with Crippen molar-refractivity contribution in [2.75, 3.05) is 0 Å². The molecule has 0 atom stereocenters. The maximum absolute atomic E-state index is 8.89. The van der Waals surface area contributed by atoms with Gasteiger partial charge in [-0.15, -0.1) is 0 Å². The summed E-state index contributed by atoms with van der Waals surface area (Å²) in [6, 6.07) is 0. The molecule has 0 aromatic heterocycles. The fourth-order valence-corrected chi connectivity index (χ4v) is 0. The Bertz CT molecular complexity index is 607. The van der Waals surface area contributed by atoms with E-state index in [0.717, 1.165) is 0 Å². The van der Waals surface area contributed by atoms with Crippen molar-refractivity contribution >= 4 is 0 Å². The van der Waals surface area contributed by atoms with Crippen LogP contribution in [0.2, 0.25) is 0 Å². The molecule has 358 valence electrons. The first-order valence-corrected chi connectivity index (χ1v) is 25.2. The van der Waals surface area contributed by atoms with E-state index in [0.29, 0.717) is 0 Å². The van der Waals surface area contributed by atoms with Crippen molar-refractivity contribution in [3.63, 3.8) is 0 Å². The van der Waals surface area contributed by atoms with Gasteiger partial charge in [0.1, 0.15) is 0 Å². The first-order chi connectivity index (χ1) is 22.0. The molecule has 0 radical (unpaired) electrons. The molecule has 0 aromatic rings. The zero-order chi connectivity index (χ0) is 49.5. The Morgan fingerprint density at radius 1 is 0.211 bits per heavy atom. The Kier molecular flexibility index (Phi) is 67.6. The maximum atomic E-state index is 8.89. The molecule has 57 heavy (non-hydrogen) atoms. The monoisotopic (exact) mass is 1520 g/mol. The molecule has 0 aliphatic heterocycles. The minimum atomic E-state index is -5.84. The molecule has 0 unspecified atom stereocenters. The van der Waals surface area contributed by atoms with Crippen molar-refractivity contribution in [1.82, 2.24) is 0 Å². The second-order valence-corrected chi connectivity index (χ2v) is 26.8. The van der Waals surface area contributed by atoms with Crippen LogP contribution >= 0.6 is 0 Å². The first-order valence-electron chi connectivity index (χ1n) is 18.1. The molecule has 0 fully saturated rings. The third-order valence-electron chi connectivity index (χ3n) is 0. The van der Waals surface area contributed by atoms with E-state index in [1.165, 1.54) is 0 Å². The van der Waals surface area contributed by atoms with Gasteiger partial charge < -0.3 is 51.1 Å². The normalized spacial score (nSPS) is 11.5. The standard InChI is InChI=1S/10C4H10O.2H2O.2O.3U/c10*1-4(2,3)5;;;;;;;/h10*5H,1-3H3;2*1H2;;;;;/q;;;;;;;;;;;;;;;;+2/p-2. The van der Waals surface area contributed by atoms with E-state index in [4.69, 9.17) is 60.8 Å². The van der Waals surface area contributed by atoms with Crippen LogP contribution in [0.3, 0.4) is 0 Å². The molecule has 0 aromatic carbocycles. The van der Waals surface area contributed by atoms with Gasteiger partial charge in [-0.1, -0.05) is 0 Å². The predicted octanol–water partition coefficient (Wildman–Crippen LogP) is 6.42. The second kappa shape index (κ2) is 41.0. The van der Waals surface area contributed by atoms with Crippen LogP contribution in [0, 0.1) is 87.7 Å². The minimum absolute atomic E-state index is 0. The summed E-state index contributed by atoms with van der Waals surface area (Å²) in [5, 5.41) is 85.2. The molecule has 0 rings (SSSR count). The maximum Gasteiger partial charge on any atom is 0 e. The van der Waals surface area contributed by atoms with Gasteiger partial charge in [0.05, 0.1) is 56.0 Å². The van der Waals surface area contributed by atoms with Gasteiger partial charge in [-0.2, -0.15) is 0 Å².